The molecule has 0 spiro atoms. The molecule has 2 rings (SSSR count). The molecule has 0 radical (unpaired) electrons. The summed E-state index contributed by atoms with van der Waals surface area (Å²) in [5, 5.41) is 14.8. The van der Waals surface area contributed by atoms with Crippen LogP contribution in [0.5, 0.6) is 0 Å². The Morgan fingerprint density at radius 3 is 2.83 bits per heavy atom. The first-order valence-corrected chi connectivity index (χ1v) is 6.03. The number of carbonyl (C=O) groups is 2. The molecule has 5 nitrogen and oxygen atoms in total. The molecule has 0 aliphatic carbocycles. The summed E-state index contributed by atoms with van der Waals surface area (Å²) in [4.78, 5) is 22.7. The van der Waals surface area contributed by atoms with Crippen molar-refractivity contribution in [3.8, 4) is 0 Å². The Morgan fingerprint density at radius 2 is 2.22 bits per heavy atom. The number of halogens is 1. The molecule has 1 saturated heterocycles. The third-order valence-corrected chi connectivity index (χ3v) is 3.17. The Bertz CT molecular complexity index is 484. The van der Waals surface area contributed by atoms with E-state index >= 15 is 0 Å². The third kappa shape index (κ3) is 2.80. The highest BCUT2D eigenvalue weighted by atomic mass is 35.5. The number of benzene rings is 1. The van der Waals surface area contributed by atoms with Gasteiger partial charge in [-0.3, -0.25) is 4.79 Å². The molecular formula is C12H13ClN2O3. The second-order valence-electron chi connectivity index (χ2n) is 4.14. The Labute approximate surface area is 109 Å². The number of carboxylic acids is 1. The zero-order valence-electron chi connectivity index (χ0n) is 9.57. The highest BCUT2D eigenvalue weighted by Gasteiger charge is 2.22. The van der Waals surface area contributed by atoms with Gasteiger partial charge in [-0.1, -0.05) is 11.6 Å². The van der Waals surface area contributed by atoms with Gasteiger partial charge in [-0.25, -0.2) is 4.79 Å². The van der Waals surface area contributed by atoms with E-state index in [1.807, 2.05) is 0 Å². The van der Waals surface area contributed by atoms with Crippen LogP contribution in [-0.4, -0.2) is 29.6 Å². The summed E-state index contributed by atoms with van der Waals surface area (Å²) in [5.74, 6) is -1.26. The SMILES string of the molecule is O=C(O)c1cc(NC(=O)[C@H]2CCCN2)ccc1Cl. The molecule has 1 aliphatic heterocycles. The number of amides is 1. The highest BCUT2D eigenvalue weighted by Crippen LogP contribution is 2.21. The molecule has 18 heavy (non-hydrogen) atoms. The van der Waals surface area contributed by atoms with E-state index in [9.17, 15) is 9.59 Å². The lowest BCUT2D eigenvalue weighted by Crippen LogP contribution is -2.35. The van der Waals surface area contributed by atoms with E-state index in [-0.39, 0.29) is 22.5 Å². The van der Waals surface area contributed by atoms with Crippen molar-refractivity contribution < 1.29 is 14.7 Å². The first-order chi connectivity index (χ1) is 8.58. The Hall–Kier alpha value is -1.59. The quantitative estimate of drug-likeness (QED) is 0.780. The summed E-state index contributed by atoms with van der Waals surface area (Å²) in [5.41, 5.74) is 0.421. The average molecular weight is 269 g/mol. The van der Waals surface area contributed by atoms with E-state index in [0.29, 0.717) is 5.69 Å². The first kappa shape index (κ1) is 12.9. The molecule has 0 bridgehead atoms. The summed E-state index contributed by atoms with van der Waals surface area (Å²) in [6.07, 6.45) is 1.77. The fraction of sp³-hybridized carbons (Fsp3) is 0.333. The van der Waals surface area contributed by atoms with Crippen LogP contribution in [0.3, 0.4) is 0 Å². The van der Waals surface area contributed by atoms with Crippen molar-refractivity contribution in [3.05, 3.63) is 28.8 Å². The minimum absolute atomic E-state index is 0.0196. The maximum atomic E-state index is 11.8. The largest absolute Gasteiger partial charge is 0.478 e. The van der Waals surface area contributed by atoms with Crippen LogP contribution in [0.25, 0.3) is 0 Å². The second kappa shape index (κ2) is 5.37. The molecule has 1 atom stereocenters. The first-order valence-electron chi connectivity index (χ1n) is 5.65. The van der Waals surface area contributed by atoms with Crippen molar-refractivity contribution in [3.63, 3.8) is 0 Å². The highest BCUT2D eigenvalue weighted by molar-refractivity contribution is 6.33. The van der Waals surface area contributed by atoms with E-state index in [4.69, 9.17) is 16.7 Å². The number of hydrogen-bond acceptors (Lipinski definition) is 3. The Morgan fingerprint density at radius 1 is 1.44 bits per heavy atom. The number of hydrogen-bond donors (Lipinski definition) is 3. The lowest BCUT2D eigenvalue weighted by atomic mass is 10.1. The predicted octanol–water partition coefficient (Wildman–Crippen LogP) is 1.73. The molecule has 6 heteroatoms. The zero-order chi connectivity index (χ0) is 13.1. The zero-order valence-corrected chi connectivity index (χ0v) is 10.3. The number of aromatic carboxylic acids is 1. The predicted molar refractivity (Wildman–Crippen MR) is 68.1 cm³/mol. The molecule has 1 aliphatic rings. The van der Waals surface area contributed by atoms with Gasteiger partial charge in [0.15, 0.2) is 0 Å². The topological polar surface area (TPSA) is 78.4 Å². The normalized spacial score (nSPS) is 18.6. The lowest BCUT2D eigenvalue weighted by Gasteiger charge is -2.11. The van der Waals surface area contributed by atoms with Crippen LogP contribution in [0.4, 0.5) is 5.69 Å². The summed E-state index contributed by atoms with van der Waals surface area (Å²) >= 11 is 5.75. The van der Waals surface area contributed by atoms with Gasteiger partial charge in [0.05, 0.1) is 16.6 Å². The van der Waals surface area contributed by atoms with Crippen LogP contribution in [-0.2, 0) is 4.79 Å². The van der Waals surface area contributed by atoms with Crippen LogP contribution in [0.1, 0.15) is 23.2 Å². The van der Waals surface area contributed by atoms with Gasteiger partial charge in [0.2, 0.25) is 5.91 Å². The van der Waals surface area contributed by atoms with Gasteiger partial charge in [0.1, 0.15) is 0 Å². The smallest absolute Gasteiger partial charge is 0.337 e. The molecule has 96 valence electrons. The number of carboxylic acid groups (broad SMARTS) is 1. The molecule has 1 aromatic carbocycles. The van der Waals surface area contributed by atoms with Crippen molar-refractivity contribution in [2.75, 3.05) is 11.9 Å². The molecule has 0 unspecified atom stereocenters. The molecule has 1 amide bonds. The Kier molecular flexibility index (Phi) is 3.84. The fourth-order valence-electron chi connectivity index (χ4n) is 1.90. The van der Waals surface area contributed by atoms with Gasteiger partial charge >= 0.3 is 5.97 Å². The number of carbonyl (C=O) groups excluding carboxylic acids is 1. The van der Waals surface area contributed by atoms with E-state index in [1.54, 1.807) is 6.07 Å². The summed E-state index contributed by atoms with van der Waals surface area (Å²) < 4.78 is 0. The van der Waals surface area contributed by atoms with Gasteiger partial charge in [-0.15, -0.1) is 0 Å². The van der Waals surface area contributed by atoms with Crippen molar-refractivity contribution in [1.82, 2.24) is 5.32 Å². The summed E-state index contributed by atoms with van der Waals surface area (Å²) in [6, 6.07) is 4.20. The van der Waals surface area contributed by atoms with Gasteiger partial charge in [0.25, 0.3) is 0 Å². The number of anilines is 1. The van der Waals surface area contributed by atoms with Gasteiger partial charge in [0, 0.05) is 5.69 Å². The molecule has 1 fully saturated rings. The molecule has 1 heterocycles. The second-order valence-corrected chi connectivity index (χ2v) is 4.55. The molecule has 0 saturated carbocycles. The third-order valence-electron chi connectivity index (χ3n) is 2.84. The molecule has 0 aromatic heterocycles. The minimum Gasteiger partial charge on any atom is -0.478 e. The lowest BCUT2D eigenvalue weighted by molar-refractivity contribution is -0.117. The van der Waals surface area contributed by atoms with Gasteiger partial charge in [-0.05, 0) is 37.6 Å². The molecule has 1 aromatic rings. The van der Waals surface area contributed by atoms with Crippen LogP contribution in [0, 0.1) is 0 Å². The monoisotopic (exact) mass is 268 g/mol. The minimum atomic E-state index is -1.12. The van der Waals surface area contributed by atoms with Gasteiger partial charge < -0.3 is 15.7 Å². The fourth-order valence-corrected chi connectivity index (χ4v) is 2.10. The van der Waals surface area contributed by atoms with Crippen molar-refractivity contribution in [2.45, 2.75) is 18.9 Å². The van der Waals surface area contributed by atoms with E-state index in [2.05, 4.69) is 10.6 Å². The summed E-state index contributed by atoms with van der Waals surface area (Å²) in [6.45, 7) is 0.832. The number of rotatable bonds is 3. The van der Waals surface area contributed by atoms with Crippen LogP contribution >= 0.6 is 11.6 Å². The number of nitrogens with one attached hydrogen (secondary N) is 2. The van der Waals surface area contributed by atoms with E-state index in [1.165, 1.54) is 12.1 Å². The average Bonchev–Trinajstić information content (AvgIpc) is 2.85. The standard InChI is InChI=1S/C12H13ClN2O3/c13-9-4-3-7(6-8(9)12(17)18)15-11(16)10-2-1-5-14-10/h3-4,6,10,14H,1-2,5H2,(H,15,16)(H,17,18)/t10-/m1/s1. The van der Waals surface area contributed by atoms with Crippen LogP contribution in [0.15, 0.2) is 18.2 Å². The van der Waals surface area contributed by atoms with Crippen LogP contribution in [0.2, 0.25) is 5.02 Å². The maximum absolute atomic E-state index is 11.8. The van der Waals surface area contributed by atoms with Gasteiger partial charge in [-0.2, -0.15) is 0 Å². The van der Waals surface area contributed by atoms with Crippen molar-refractivity contribution in [2.24, 2.45) is 0 Å². The molecule has 3 N–H and O–H groups in total. The van der Waals surface area contributed by atoms with Crippen LogP contribution < -0.4 is 10.6 Å². The van der Waals surface area contributed by atoms with Crippen molar-refractivity contribution >= 4 is 29.2 Å². The van der Waals surface area contributed by atoms with E-state index in [0.717, 1.165) is 19.4 Å². The summed E-state index contributed by atoms with van der Waals surface area (Å²) in [7, 11) is 0. The molecular weight excluding hydrogens is 256 g/mol. The van der Waals surface area contributed by atoms with Crippen molar-refractivity contribution in [1.29, 1.82) is 0 Å². The maximum Gasteiger partial charge on any atom is 0.337 e. The Balaban J connectivity index is 2.11. The van der Waals surface area contributed by atoms with E-state index < -0.39 is 5.97 Å².